The SMILES string of the molecule is C=C1C=C(c2cc3cccn3cn2)Oc2ccc(C#CCOC)cc21. The number of fused-ring (bicyclic) bond motifs is 2. The fraction of sp³-hybridized carbons (Fsp3) is 0.0952. The Balaban J connectivity index is 1.67. The summed E-state index contributed by atoms with van der Waals surface area (Å²) >= 11 is 0. The van der Waals surface area contributed by atoms with Crippen molar-refractivity contribution in [2.45, 2.75) is 0 Å². The molecule has 0 saturated carbocycles. The third-order valence-corrected chi connectivity index (χ3v) is 3.97. The van der Waals surface area contributed by atoms with Crippen LogP contribution in [0.1, 0.15) is 16.8 Å². The molecular weight excluding hydrogens is 312 g/mol. The van der Waals surface area contributed by atoms with E-state index in [2.05, 4.69) is 23.4 Å². The molecule has 25 heavy (non-hydrogen) atoms. The number of rotatable bonds is 2. The van der Waals surface area contributed by atoms with E-state index in [9.17, 15) is 0 Å². The number of nitrogens with zero attached hydrogens (tertiary/aromatic N) is 2. The van der Waals surface area contributed by atoms with Crippen molar-refractivity contribution in [1.82, 2.24) is 9.38 Å². The van der Waals surface area contributed by atoms with Crippen molar-refractivity contribution in [2.24, 2.45) is 0 Å². The van der Waals surface area contributed by atoms with Crippen LogP contribution in [0.15, 0.2) is 61.6 Å². The maximum absolute atomic E-state index is 6.05. The van der Waals surface area contributed by atoms with Crippen molar-refractivity contribution in [3.8, 4) is 17.6 Å². The lowest BCUT2D eigenvalue weighted by molar-refractivity contribution is 0.240. The molecule has 0 spiro atoms. The van der Waals surface area contributed by atoms with Crippen LogP contribution < -0.4 is 4.74 Å². The normalized spacial score (nSPS) is 12.8. The first-order chi connectivity index (χ1) is 12.2. The predicted molar refractivity (Wildman–Crippen MR) is 98.0 cm³/mol. The van der Waals surface area contributed by atoms with Gasteiger partial charge in [-0.3, -0.25) is 0 Å². The second kappa shape index (κ2) is 6.31. The van der Waals surface area contributed by atoms with Crippen LogP contribution in [0, 0.1) is 11.8 Å². The van der Waals surface area contributed by atoms with Gasteiger partial charge < -0.3 is 13.9 Å². The van der Waals surface area contributed by atoms with Gasteiger partial charge in [0.15, 0.2) is 5.76 Å². The van der Waals surface area contributed by atoms with Gasteiger partial charge in [0.05, 0.1) is 6.33 Å². The Morgan fingerprint density at radius 2 is 2.20 bits per heavy atom. The molecular formula is C21H16N2O2. The Labute approximate surface area is 146 Å². The zero-order chi connectivity index (χ0) is 17.2. The third kappa shape index (κ3) is 2.93. The van der Waals surface area contributed by atoms with Crippen molar-refractivity contribution in [3.63, 3.8) is 0 Å². The quantitative estimate of drug-likeness (QED) is 0.672. The summed E-state index contributed by atoms with van der Waals surface area (Å²) in [4.78, 5) is 4.47. The Morgan fingerprint density at radius 3 is 3.08 bits per heavy atom. The van der Waals surface area contributed by atoms with Crippen molar-refractivity contribution in [1.29, 1.82) is 0 Å². The molecule has 0 amide bonds. The van der Waals surface area contributed by atoms with Gasteiger partial charge in [0.1, 0.15) is 18.1 Å². The zero-order valence-electron chi connectivity index (χ0n) is 13.8. The van der Waals surface area contributed by atoms with E-state index in [1.54, 1.807) is 13.4 Å². The summed E-state index contributed by atoms with van der Waals surface area (Å²) in [6.07, 6.45) is 5.65. The number of methoxy groups -OCH3 is 1. The number of ether oxygens (including phenoxy) is 2. The second-order valence-electron chi connectivity index (χ2n) is 5.70. The smallest absolute Gasteiger partial charge is 0.153 e. The molecule has 0 N–H and O–H groups in total. The first-order valence-electron chi connectivity index (χ1n) is 7.88. The number of hydrogen-bond acceptors (Lipinski definition) is 3. The van der Waals surface area contributed by atoms with Gasteiger partial charge in [0.25, 0.3) is 0 Å². The maximum atomic E-state index is 6.05. The fourth-order valence-electron chi connectivity index (χ4n) is 2.74. The van der Waals surface area contributed by atoms with E-state index in [-0.39, 0.29) is 0 Å². The highest BCUT2D eigenvalue weighted by molar-refractivity contribution is 5.87. The first kappa shape index (κ1) is 15.3. The van der Waals surface area contributed by atoms with Crippen molar-refractivity contribution < 1.29 is 9.47 Å². The molecule has 0 fully saturated rings. The minimum Gasteiger partial charge on any atom is -0.454 e. The van der Waals surface area contributed by atoms with Crippen LogP contribution in [0.4, 0.5) is 0 Å². The minimum absolute atomic E-state index is 0.409. The van der Waals surface area contributed by atoms with Crippen LogP contribution in [0.5, 0.6) is 5.75 Å². The van der Waals surface area contributed by atoms with E-state index < -0.39 is 0 Å². The van der Waals surface area contributed by atoms with Gasteiger partial charge in [-0.25, -0.2) is 4.98 Å². The largest absolute Gasteiger partial charge is 0.454 e. The van der Waals surface area contributed by atoms with E-state index in [1.807, 2.05) is 53.1 Å². The molecule has 1 aromatic carbocycles. The van der Waals surface area contributed by atoms with Crippen LogP contribution in [-0.2, 0) is 4.74 Å². The molecule has 2 aromatic heterocycles. The van der Waals surface area contributed by atoms with Crippen molar-refractivity contribution in [2.75, 3.05) is 13.7 Å². The average molecular weight is 328 g/mol. The summed E-state index contributed by atoms with van der Waals surface area (Å²) in [5.41, 5.74) is 4.57. The molecule has 3 aromatic rings. The van der Waals surface area contributed by atoms with Crippen LogP contribution >= 0.6 is 0 Å². The molecule has 0 saturated heterocycles. The summed E-state index contributed by atoms with van der Waals surface area (Å²) < 4.78 is 13.0. The van der Waals surface area contributed by atoms with Crippen LogP contribution in [0.25, 0.3) is 16.8 Å². The lowest BCUT2D eigenvalue weighted by Crippen LogP contribution is -2.05. The van der Waals surface area contributed by atoms with E-state index in [4.69, 9.17) is 9.47 Å². The summed E-state index contributed by atoms with van der Waals surface area (Å²) in [5, 5.41) is 0. The molecule has 0 radical (unpaired) electrons. The van der Waals surface area contributed by atoms with Crippen molar-refractivity contribution >= 4 is 16.8 Å². The fourth-order valence-corrected chi connectivity index (χ4v) is 2.74. The molecule has 1 aliphatic heterocycles. The molecule has 0 atom stereocenters. The van der Waals surface area contributed by atoms with Gasteiger partial charge >= 0.3 is 0 Å². The number of aromatic nitrogens is 2. The average Bonchev–Trinajstić information content (AvgIpc) is 3.10. The predicted octanol–water partition coefficient (Wildman–Crippen LogP) is 3.78. The Hall–Kier alpha value is -3.29. The molecule has 0 aliphatic carbocycles. The second-order valence-corrected chi connectivity index (χ2v) is 5.70. The van der Waals surface area contributed by atoms with E-state index >= 15 is 0 Å². The minimum atomic E-state index is 0.409. The first-order valence-corrected chi connectivity index (χ1v) is 7.88. The summed E-state index contributed by atoms with van der Waals surface area (Å²) in [6, 6.07) is 11.8. The lowest BCUT2D eigenvalue weighted by atomic mass is 10.00. The summed E-state index contributed by atoms with van der Waals surface area (Å²) in [7, 11) is 1.63. The van der Waals surface area contributed by atoms with Crippen molar-refractivity contribution in [3.05, 3.63) is 78.4 Å². The highest BCUT2D eigenvalue weighted by Gasteiger charge is 2.18. The Bertz CT molecular complexity index is 1060. The Morgan fingerprint density at radius 1 is 1.28 bits per heavy atom. The molecule has 1 aliphatic rings. The molecule has 0 bridgehead atoms. The Kier molecular flexibility index (Phi) is 3.85. The van der Waals surface area contributed by atoms with Crippen LogP contribution in [-0.4, -0.2) is 23.1 Å². The highest BCUT2D eigenvalue weighted by atomic mass is 16.5. The van der Waals surface area contributed by atoms with Gasteiger partial charge in [0.2, 0.25) is 0 Å². The van der Waals surface area contributed by atoms with Crippen LogP contribution in [0.3, 0.4) is 0 Å². The molecule has 0 unspecified atom stereocenters. The van der Waals surface area contributed by atoms with Gasteiger partial charge in [-0.1, -0.05) is 18.4 Å². The summed E-state index contributed by atoms with van der Waals surface area (Å²) in [6.45, 7) is 4.57. The van der Waals surface area contributed by atoms with Gasteiger partial charge in [-0.2, -0.15) is 0 Å². The molecule has 3 heterocycles. The monoisotopic (exact) mass is 328 g/mol. The van der Waals surface area contributed by atoms with E-state index in [1.165, 1.54) is 0 Å². The zero-order valence-corrected chi connectivity index (χ0v) is 13.8. The number of hydrogen-bond donors (Lipinski definition) is 0. The van der Waals surface area contributed by atoms with Gasteiger partial charge in [-0.15, -0.1) is 0 Å². The van der Waals surface area contributed by atoms with Gasteiger partial charge in [-0.05, 0) is 48.0 Å². The van der Waals surface area contributed by atoms with E-state index in [0.717, 1.165) is 33.7 Å². The number of benzene rings is 1. The maximum Gasteiger partial charge on any atom is 0.153 e. The standard InChI is InChI=1S/C21H16N2O2/c1-15-11-21(19-13-17-6-3-9-23(17)14-22-19)25-20-8-7-16(12-18(15)20)5-4-10-24-2/h3,6-9,11-14H,1,10H2,2H3. The summed E-state index contributed by atoms with van der Waals surface area (Å²) in [5.74, 6) is 7.48. The van der Waals surface area contributed by atoms with Crippen LogP contribution in [0.2, 0.25) is 0 Å². The lowest BCUT2D eigenvalue weighted by Gasteiger charge is -2.19. The number of allylic oxidation sites excluding steroid dienone is 2. The highest BCUT2D eigenvalue weighted by Crippen LogP contribution is 2.36. The third-order valence-electron chi connectivity index (χ3n) is 3.97. The molecule has 4 rings (SSSR count). The van der Waals surface area contributed by atoms with E-state index in [0.29, 0.717) is 12.4 Å². The van der Waals surface area contributed by atoms with Gasteiger partial charge in [0, 0.05) is 30.0 Å². The molecule has 4 nitrogen and oxygen atoms in total. The topological polar surface area (TPSA) is 35.8 Å². The molecule has 4 heteroatoms. The molecule has 122 valence electrons.